The van der Waals surface area contributed by atoms with Crippen LogP contribution in [0, 0.1) is 0 Å². The van der Waals surface area contributed by atoms with Gasteiger partial charge in [-0.3, -0.25) is 9.79 Å². The molecule has 0 saturated carbocycles. The Labute approximate surface area is 212 Å². The van der Waals surface area contributed by atoms with Gasteiger partial charge in [-0.1, -0.05) is 54.6 Å². The predicted molar refractivity (Wildman–Crippen MR) is 145 cm³/mol. The summed E-state index contributed by atoms with van der Waals surface area (Å²) >= 11 is 0. The molecular formula is C26H34N6O3S. The van der Waals surface area contributed by atoms with E-state index in [0.717, 1.165) is 17.5 Å². The average molecular weight is 511 g/mol. The standard InChI is InChI=1S/C26H34N6O3S/c1-32(2)23-14-6-12-21-20(23)11-7-15-24(21)36(34,35)31-26(28)30-17-8-13-22(25(27)33)29-18-16-19-9-4-3-5-10-19/h3-7,9-12,14-15,22,29H,8,13,16-18H2,1-2H3,(H2,27,33)(H3,28,30,31)/t22-/m0/s1. The minimum absolute atomic E-state index is 0.123. The highest BCUT2D eigenvalue weighted by Gasteiger charge is 2.19. The van der Waals surface area contributed by atoms with E-state index in [0.29, 0.717) is 24.8 Å². The molecule has 0 heterocycles. The summed E-state index contributed by atoms with van der Waals surface area (Å²) in [5.41, 5.74) is 13.5. The lowest BCUT2D eigenvalue weighted by molar-refractivity contribution is -0.120. The molecule has 3 aromatic rings. The summed E-state index contributed by atoms with van der Waals surface area (Å²) < 4.78 is 28.4. The van der Waals surface area contributed by atoms with Gasteiger partial charge in [-0.2, -0.15) is 0 Å². The lowest BCUT2D eigenvalue weighted by Crippen LogP contribution is -2.42. The van der Waals surface area contributed by atoms with E-state index in [1.807, 2.05) is 67.5 Å². The fourth-order valence-electron chi connectivity index (χ4n) is 3.99. The number of guanidine groups is 1. The zero-order valence-electron chi connectivity index (χ0n) is 20.6. The first-order chi connectivity index (χ1) is 17.2. The maximum Gasteiger partial charge on any atom is 0.264 e. The summed E-state index contributed by atoms with van der Waals surface area (Å²) in [5, 5.41) is 4.59. The summed E-state index contributed by atoms with van der Waals surface area (Å²) in [4.78, 5) is 18.0. The molecule has 0 spiro atoms. The van der Waals surface area contributed by atoms with Gasteiger partial charge in [0.15, 0.2) is 0 Å². The number of fused-ring (bicyclic) bond motifs is 1. The molecule has 1 amide bonds. The third kappa shape index (κ3) is 7.19. The number of aliphatic imine (C=N–C) groups is 1. The Morgan fingerprint density at radius 1 is 0.972 bits per heavy atom. The van der Waals surface area contributed by atoms with Gasteiger partial charge in [0.25, 0.3) is 10.0 Å². The van der Waals surface area contributed by atoms with Gasteiger partial charge in [-0.25, -0.2) is 13.1 Å². The Kier molecular flexibility index (Phi) is 9.26. The van der Waals surface area contributed by atoms with Gasteiger partial charge in [0.05, 0.1) is 10.9 Å². The van der Waals surface area contributed by atoms with Crippen molar-refractivity contribution in [3.63, 3.8) is 0 Å². The first-order valence-electron chi connectivity index (χ1n) is 11.8. The molecule has 0 aromatic heterocycles. The van der Waals surface area contributed by atoms with Crippen LogP contribution < -0.4 is 26.4 Å². The van der Waals surface area contributed by atoms with Gasteiger partial charge in [-0.05, 0) is 43.5 Å². The Morgan fingerprint density at radius 2 is 1.67 bits per heavy atom. The van der Waals surface area contributed by atoms with Crippen LogP contribution in [0.5, 0.6) is 0 Å². The number of sulfonamides is 1. The molecule has 9 nitrogen and oxygen atoms in total. The van der Waals surface area contributed by atoms with Crippen LogP contribution in [0.25, 0.3) is 10.8 Å². The third-order valence-corrected chi connectivity index (χ3v) is 7.21. The number of carbonyl (C=O) groups excluding carboxylic acids is 1. The van der Waals surface area contributed by atoms with Crippen molar-refractivity contribution in [1.82, 2.24) is 10.0 Å². The van der Waals surface area contributed by atoms with Gasteiger partial charge in [0.1, 0.15) is 0 Å². The van der Waals surface area contributed by atoms with Gasteiger partial charge in [0, 0.05) is 37.1 Å². The van der Waals surface area contributed by atoms with E-state index in [-0.39, 0.29) is 17.4 Å². The van der Waals surface area contributed by atoms with Gasteiger partial charge in [-0.15, -0.1) is 0 Å². The molecule has 0 fully saturated rings. The molecule has 3 aromatic carbocycles. The Hall–Kier alpha value is -3.63. The monoisotopic (exact) mass is 510 g/mol. The lowest BCUT2D eigenvalue weighted by atomic mass is 10.1. The van der Waals surface area contributed by atoms with Crippen molar-refractivity contribution in [3.8, 4) is 0 Å². The number of nitrogens with one attached hydrogen (secondary N) is 2. The van der Waals surface area contributed by atoms with Crippen LogP contribution in [0.3, 0.4) is 0 Å². The number of anilines is 1. The smallest absolute Gasteiger partial charge is 0.264 e. The van der Waals surface area contributed by atoms with Crippen molar-refractivity contribution >= 4 is 38.3 Å². The number of hydrogen-bond acceptors (Lipinski definition) is 6. The molecule has 0 aliphatic heterocycles. The number of benzene rings is 3. The predicted octanol–water partition coefficient (Wildman–Crippen LogP) is 1.97. The first kappa shape index (κ1) is 27.0. The van der Waals surface area contributed by atoms with Gasteiger partial charge < -0.3 is 21.7 Å². The fourth-order valence-corrected chi connectivity index (χ4v) is 5.16. The first-order valence-corrected chi connectivity index (χ1v) is 13.3. The van der Waals surface area contributed by atoms with Crippen LogP contribution in [0.1, 0.15) is 18.4 Å². The fraction of sp³-hybridized carbons (Fsp3) is 0.308. The molecular weight excluding hydrogens is 476 g/mol. The molecule has 1 atom stereocenters. The van der Waals surface area contributed by atoms with Crippen LogP contribution >= 0.6 is 0 Å². The molecule has 0 aliphatic rings. The van der Waals surface area contributed by atoms with E-state index in [2.05, 4.69) is 15.0 Å². The van der Waals surface area contributed by atoms with Gasteiger partial charge in [0.2, 0.25) is 11.9 Å². The SMILES string of the molecule is CN(C)c1cccc2c(S(=O)(=O)NC(N)=NCCC[C@H](NCCc3ccccc3)C(N)=O)cccc12. The number of rotatable bonds is 12. The molecule has 6 N–H and O–H groups in total. The second-order valence-corrected chi connectivity index (χ2v) is 10.3. The molecule has 10 heteroatoms. The van der Waals surface area contributed by atoms with Crippen LogP contribution in [0.2, 0.25) is 0 Å². The van der Waals surface area contributed by atoms with Crippen LogP contribution in [-0.2, 0) is 21.2 Å². The summed E-state index contributed by atoms with van der Waals surface area (Å²) in [6.07, 6.45) is 1.75. The van der Waals surface area contributed by atoms with E-state index in [4.69, 9.17) is 11.5 Å². The number of hydrogen-bond donors (Lipinski definition) is 4. The van der Waals surface area contributed by atoms with Crippen LogP contribution in [0.15, 0.2) is 76.6 Å². The lowest BCUT2D eigenvalue weighted by Gasteiger charge is -2.17. The minimum Gasteiger partial charge on any atom is -0.377 e. The Morgan fingerprint density at radius 3 is 2.36 bits per heavy atom. The zero-order valence-corrected chi connectivity index (χ0v) is 21.5. The highest BCUT2D eigenvalue weighted by molar-refractivity contribution is 7.90. The van der Waals surface area contributed by atoms with Crippen molar-refractivity contribution in [2.24, 2.45) is 16.5 Å². The summed E-state index contributed by atoms with van der Waals surface area (Å²) in [6, 6.07) is 20.1. The Bertz CT molecular complexity index is 1310. The molecule has 36 heavy (non-hydrogen) atoms. The van der Waals surface area contributed by atoms with E-state index in [1.165, 1.54) is 11.6 Å². The molecule has 192 valence electrons. The number of nitrogens with zero attached hydrogens (tertiary/aromatic N) is 2. The van der Waals surface area contributed by atoms with E-state index in [9.17, 15) is 13.2 Å². The second-order valence-electron chi connectivity index (χ2n) is 8.68. The van der Waals surface area contributed by atoms with Crippen molar-refractivity contribution in [2.45, 2.75) is 30.2 Å². The molecule has 0 bridgehead atoms. The van der Waals surface area contributed by atoms with E-state index in [1.54, 1.807) is 12.1 Å². The topological polar surface area (TPSA) is 143 Å². The quantitative estimate of drug-likeness (QED) is 0.167. The molecule has 0 radical (unpaired) electrons. The van der Waals surface area contributed by atoms with E-state index >= 15 is 0 Å². The summed E-state index contributed by atoms with van der Waals surface area (Å²) in [7, 11) is -0.138. The molecule has 0 aliphatic carbocycles. The average Bonchev–Trinajstić information content (AvgIpc) is 2.84. The molecule has 0 unspecified atom stereocenters. The highest BCUT2D eigenvalue weighted by atomic mass is 32.2. The molecule has 3 rings (SSSR count). The third-order valence-electron chi connectivity index (χ3n) is 5.79. The Balaban J connectivity index is 1.57. The van der Waals surface area contributed by atoms with Crippen molar-refractivity contribution < 1.29 is 13.2 Å². The van der Waals surface area contributed by atoms with E-state index < -0.39 is 22.0 Å². The summed E-state index contributed by atoms with van der Waals surface area (Å²) in [6.45, 7) is 0.863. The number of amides is 1. The number of primary amides is 1. The summed E-state index contributed by atoms with van der Waals surface area (Å²) in [5.74, 6) is -0.641. The number of nitrogens with two attached hydrogens (primary N) is 2. The minimum atomic E-state index is -3.94. The maximum absolute atomic E-state index is 13.0. The maximum atomic E-state index is 13.0. The van der Waals surface area contributed by atoms with Gasteiger partial charge >= 0.3 is 0 Å². The van der Waals surface area contributed by atoms with Crippen LogP contribution in [0.4, 0.5) is 5.69 Å². The van der Waals surface area contributed by atoms with Crippen molar-refractivity contribution in [2.75, 3.05) is 32.1 Å². The second kappa shape index (κ2) is 12.4. The van der Waals surface area contributed by atoms with Crippen molar-refractivity contribution in [3.05, 3.63) is 72.3 Å². The normalized spacial score (nSPS) is 12.9. The zero-order chi connectivity index (χ0) is 26.1. The van der Waals surface area contributed by atoms with Crippen LogP contribution in [-0.4, -0.2) is 53.5 Å². The van der Waals surface area contributed by atoms with Crippen molar-refractivity contribution in [1.29, 1.82) is 0 Å². The highest BCUT2D eigenvalue weighted by Crippen LogP contribution is 2.30. The largest absolute Gasteiger partial charge is 0.377 e. The molecule has 0 saturated heterocycles. The number of carbonyl (C=O) groups is 1.